The Hall–Kier alpha value is -8.83. The van der Waals surface area contributed by atoms with E-state index in [0.717, 1.165) is 106 Å². The number of carboxylic acid groups (broad SMARTS) is 2. The number of carbonyl (C=O) groups excluding carboxylic acids is 6. The van der Waals surface area contributed by atoms with Gasteiger partial charge in [0.1, 0.15) is 17.2 Å². The van der Waals surface area contributed by atoms with Crippen LogP contribution < -0.4 is 5.32 Å². The molecule has 4 aliphatic rings. The van der Waals surface area contributed by atoms with Crippen molar-refractivity contribution < 1.29 is 58.0 Å². The summed E-state index contributed by atoms with van der Waals surface area (Å²) in [6.07, 6.45) is 6.48. The van der Waals surface area contributed by atoms with E-state index in [1.54, 1.807) is 25.7 Å². The fraction of sp³-hybridized carbons (Fsp3) is 0.403. The van der Waals surface area contributed by atoms with E-state index in [0.29, 0.717) is 44.7 Å². The van der Waals surface area contributed by atoms with E-state index >= 15 is 0 Å². The molecule has 4 atom stereocenters. The quantitative estimate of drug-likeness (QED) is 0.0760. The molecule has 0 radical (unpaired) electrons. The third-order valence-electron chi connectivity index (χ3n) is 17.0. The molecule has 6 heterocycles. The molecule has 6 aromatic carbocycles. The maximum Gasteiger partial charge on any atom is 0.411 e. The number of rotatable bonds is 16. The number of carboxylic acids is 2. The van der Waals surface area contributed by atoms with Crippen LogP contribution in [0.5, 0.6) is 0 Å². The van der Waals surface area contributed by atoms with Crippen LogP contribution in [-0.4, -0.2) is 164 Å². The van der Waals surface area contributed by atoms with Crippen LogP contribution in [0.3, 0.4) is 0 Å². The predicted molar refractivity (Wildman–Crippen MR) is 395 cm³/mol. The Bertz CT molecular complexity index is 4040. The number of ketones is 3. The normalized spacial score (nSPS) is 17.0. The van der Waals surface area contributed by atoms with Gasteiger partial charge >= 0.3 is 24.1 Å². The average Bonchev–Trinajstić information content (AvgIpc) is 1.64. The largest absolute Gasteiger partial charge is 0.481 e. The van der Waals surface area contributed by atoms with Gasteiger partial charge in [0, 0.05) is 46.6 Å². The molecule has 12 rings (SSSR count). The minimum atomic E-state index is -0.960. The molecule has 2 unspecified atom stereocenters. The maximum absolute atomic E-state index is 13.3. The Morgan fingerprint density at radius 3 is 1.35 bits per heavy atom. The Morgan fingerprint density at radius 2 is 0.910 bits per heavy atom. The number of fused-ring (bicyclic) bond motifs is 2. The molecule has 3 amide bonds. The number of para-hydroxylation sites is 4. The van der Waals surface area contributed by atoms with Crippen LogP contribution in [0.25, 0.3) is 44.3 Å². The SMILES string of the molecule is CC(=O)[C@@H]1CCCN1C(=O)OC(C)(C)C.CC(C)(C)OC(=O)N1CCC[C@H]1C(=O)O.Cl.Cn1c(SCC(=O)N2CCCC2C(=O)Cc2ccccc2-c2ccccc2)nc2ccccc21.Cn1c(SCC(=O)O)nc2ccccc21.O=C(Cc1ccccc1-c1ccccc1)C1CCCN1. The number of benzene rings is 6. The second-order valence-corrected chi connectivity index (χ2v) is 28.6. The second-order valence-electron chi connectivity index (χ2n) is 26.7. The lowest BCUT2D eigenvalue weighted by molar-refractivity contribution is -0.142. The summed E-state index contributed by atoms with van der Waals surface area (Å²) in [7, 11) is 3.86. The van der Waals surface area contributed by atoms with Crippen LogP contribution in [0.2, 0.25) is 0 Å². The van der Waals surface area contributed by atoms with Gasteiger partial charge in [-0.25, -0.2) is 24.4 Å². The van der Waals surface area contributed by atoms with Crippen molar-refractivity contribution in [1.29, 1.82) is 0 Å². The summed E-state index contributed by atoms with van der Waals surface area (Å²) in [5.74, 6) is -1.00. The van der Waals surface area contributed by atoms with E-state index < -0.39 is 35.3 Å². The first-order valence-electron chi connectivity index (χ1n) is 33.6. The van der Waals surface area contributed by atoms with Gasteiger partial charge < -0.3 is 39.0 Å². The minimum Gasteiger partial charge on any atom is -0.481 e. The smallest absolute Gasteiger partial charge is 0.411 e. The number of ether oxygens (including phenoxy) is 2. The van der Waals surface area contributed by atoms with E-state index in [2.05, 4.69) is 57.7 Å². The lowest BCUT2D eigenvalue weighted by Crippen LogP contribution is -2.43. The molecule has 3 N–H and O–H groups in total. The number of hydrogen-bond donors (Lipinski definition) is 3. The highest BCUT2D eigenvalue weighted by Crippen LogP contribution is 2.31. The van der Waals surface area contributed by atoms with Crippen LogP contribution >= 0.6 is 35.9 Å². The average molecular weight is 1420 g/mol. The molecule has 100 heavy (non-hydrogen) atoms. The number of carbonyl (C=O) groups is 8. The molecule has 20 nitrogen and oxygen atoms in total. The third-order valence-corrected chi connectivity index (χ3v) is 19.0. The summed E-state index contributed by atoms with van der Waals surface area (Å²) in [6, 6.07) is 51.0. The molecule has 23 heteroatoms. The van der Waals surface area contributed by atoms with Gasteiger partial charge in [0.05, 0.1) is 51.7 Å². The Labute approximate surface area is 600 Å². The summed E-state index contributed by atoms with van der Waals surface area (Å²) in [5.41, 5.74) is 9.45. The molecule has 2 aromatic heterocycles. The highest BCUT2D eigenvalue weighted by Gasteiger charge is 2.38. The lowest BCUT2D eigenvalue weighted by Gasteiger charge is -2.27. The van der Waals surface area contributed by atoms with E-state index in [9.17, 15) is 38.4 Å². The Kier molecular flexibility index (Phi) is 29.1. The number of Topliss-reactive ketones (excluding diaryl/α,β-unsaturated/α-hetero) is 3. The molecule has 4 aliphatic heterocycles. The van der Waals surface area contributed by atoms with Gasteiger partial charge in [0.2, 0.25) is 5.91 Å². The number of likely N-dealkylation sites (tertiary alicyclic amines) is 3. The van der Waals surface area contributed by atoms with Gasteiger partial charge in [-0.3, -0.25) is 33.8 Å². The van der Waals surface area contributed by atoms with Crippen LogP contribution in [0, 0.1) is 0 Å². The van der Waals surface area contributed by atoms with Crippen molar-refractivity contribution in [3.8, 4) is 22.3 Å². The molecule has 0 bridgehead atoms. The van der Waals surface area contributed by atoms with Crippen LogP contribution in [0.4, 0.5) is 9.59 Å². The van der Waals surface area contributed by atoms with E-state index in [1.807, 2.05) is 159 Å². The van der Waals surface area contributed by atoms with Crippen LogP contribution in [0.1, 0.15) is 111 Å². The number of hydrogen-bond acceptors (Lipinski definition) is 15. The summed E-state index contributed by atoms with van der Waals surface area (Å²) in [5, 5.41) is 22.3. The summed E-state index contributed by atoms with van der Waals surface area (Å²) < 4.78 is 14.3. The molecule has 4 saturated heterocycles. The number of amides is 3. The number of thioether (sulfide) groups is 2. The van der Waals surface area contributed by atoms with Crippen molar-refractivity contribution in [2.75, 3.05) is 37.7 Å². The minimum absolute atomic E-state index is 0. The first-order chi connectivity index (χ1) is 47.3. The van der Waals surface area contributed by atoms with E-state index in [-0.39, 0.29) is 65.6 Å². The van der Waals surface area contributed by atoms with Crippen molar-refractivity contribution in [2.45, 2.75) is 158 Å². The fourth-order valence-corrected chi connectivity index (χ4v) is 13.8. The number of nitrogens with one attached hydrogen (secondary N) is 1. The summed E-state index contributed by atoms with van der Waals surface area (Å²) >= 11 is 2.67. The van der Waals surface area contributed by atoms with Gasteiger partial charge in [-0.05, 0) is 164 Å². The molecule has 4 fully saturated rings. The predicted octanol–water partition coefficient (Wildman–Crippen LogP) is 14.0. The molecule has 0 aliphatic carbocycles. The van der Waals surface area contributed by atoms with Gasteiger partial charge in [0.25, 0.3) is 0 Å². The fourth-order valence-electron chi connectivity index (χ4n) is 12.3. The maximum atomic E-state index is 13.3. The zero-order valence-electron chi connectivity index (χ0n) is 58.5. The standard InChI is InChI=1S/C28H27N3O2S.C18H19NO.C11H19NO3.C10H10N2O2S.C10H17NO4.ClH/c1-30-24-15-8-7-14-23(24)29-28(30)34-19-27(33)31-17-9-16-25(31)26(32)18-21-12-5-6-13-22(21)20-10-3-2-4-11-20;20-18(17-11-6-12-19-17)13-15-9-4-5-10-16(15)14-7-2-1-3-8-14;1-8(13)9-6-5-7-12(9)10(14)15-11(2,3)4;1-12-8-5-3-2-4-7(8)11-10(12)15-6-9(13)14;1-10(2,3)15-9(14)11-6-4-5-7(11)8(12)13;/h2-8,10-15,25H,9,16-19H2,1H3;1-5,7-10,17,19H,6,11-13H2;9H,5-7H2,1-4H3;2-5H,6H2,1H3,(H,13,14);7H,4-6H2,1-3H3,(H,12,13);1H/t;;9-;;7-;/m..0.0./s1. The number of aryl methyl sites for hydroxylation is 2. The monoisotopic (exact) mass is 1420 g/mol. The zero-order chi connectivity index (χ0) is 71.4. The topological polar surface area (TPSA) is 253 Å². The summed E-state index contributed by atoms with van der Waals surface area (Å²) in [6.45, 7) is 15.0. The first-order valence-corrected chi connectivity index (χ1v) is 35.6. The number of aliphatic carboxylic acids is 2. The third kappa shape index (κ3) is 22.3. The number of aromatic nitrogens is 4. The second kappa shape index (κ2) is 37.0. The molecule has 0 saturated carbocycles. The Morgan fingerprint density at radius 1 is 0.500 bits per heavy atom. The first kappa shape index (κ1) is 78.5. The molecular weight excluding hydrogens is 1330 g/mol. The number of imidazole rings is 2. The van der Waals surface area contributed by atoms with Gasteiger partial charge in [-0.1, -0.05) is 157 Å². The van der Waals surface area contributed by atoms with Gasteiger partial charge in [-0.2, -0.15) is 0 Å². The zero-order valence-corrected chi connectivity index (χ0v) is 60.9. The van der Waals surface area contributed by atoms with E-state index in [1.165, 1.54) is 51.4 Å². The van der Waals surface area contributed by atoms with Crippen molar-refractivity contribution >= 4 is 105 Å². The summed E-state index contributed by atoms with van der Waals surface area (Å²) in [4.78, 5) is 108. The molecule has 0 spiro atoms. The van der Waals surface area contributed by atoms with Gasteiger partial charge in [0.15, 0.2) is 27.7 Å². The van der Waals surface area contributed by atoms with Crippen LogP contribution in [-0.2, 0) is 65.2 Å². The lowest BCUT2D eigenvalue weighted by atomic mass is 9.94. The van der Waals surface area contributed by atoms with Crippen molar-refractivity contribution in [2.24, 2.45) is 14.1 Å². The van der Waals surface area contributed by atoms with Crippen LogP contribution in [0.15, 0.2) is 168 Å². The van der Waals surface area contributed by atoms with Gasteiger partial charge in [-0.15, -0.1) is 12.4 Å². The molecule has 532 valence electrons. The molecular formula is C77H93ClN8O12S2. The Balaban J connectivity index is 0.000000184. The highest BCUT2D eigenvalue weighted by atomic mass is 35.5. The number of halogens is 1. The van der Waals surface area contributed by atoms with Crippen molar-refractivity contribution in [1.82, 2.24) is 39.1 Å². The van der Waals surface area contributed by atoms with Crippen molar-refractivity contribution in [3.63, 3.8) is 0 Å². The number of nitrogens with zero attached hydrogens (tertiary/aromatic N) is 7. The highest BCUT2D eigenvalue weighted by molar-refractivity contribution is 8.00. The molecule has 8 aromatic rings. The van der Waals surface area contributed by atoms with Crippen molar-refractivity contribution in [3.05, 3.63) is 169 Å². The van der Waals surface area contributed by atoms with E-state index in [4.69, 9.17) is 19.7 Å².